The maximum absolute atomic E-state index is 12.4. The lowest BCUT2D eigenvalue weighted by molar-refractivity contribution is 0.0583. The van der Waals surface area contributed by atoms with Gasteiger partial charge in [0.2, 0.25) is 10.0 Å². The molecule has 1 aromatic rings. The first-order valence-corrected chi connectivity index (χ1v) is 8.36. The second kappa shape index (κ2) is 10.2. The van der Waals surface area contributed by atoms with Gasteiger partial charge in [-0.2, -0.15) is 0 Å². The average Bonchev–Trinajstić information content (AvgIpc) is 2.56. The van der Waals surface area contributed by atoms with Gasteiger partial charge in [-0.05, 0) is 37.6 Å². The van der Waals surface area contributed by atoms with Gasteiger partial charge in [0.05, 0.1) is 30.2 Å². The Morgan fingerprint density at radius 1 is 1.12 bits per heavy atom. The number of ether oxygens (including phenoxy) is 2. The van der Waals surface area contributed by atoms with Gasteiger partial charge in [-0.15, -0.1) is 12.4 Å². The molecule has 0 aliphatic heterocycles. The number of carbonyl (C=O) groups excluding carboxylic acids is 2. The summed E-state index contributed by atoms with van der Waals surface area (Å²) in [6, 6.07) is 3.60. The highest BCUT2D eigenvalue weighted by molar-refractivity contribution is 7.89. The minimum absolute atomic E-state index is 0. The van der Waals surface area contributed by atoms with Crippen molar-refractivity contribution in [3.8, 4) is 0 Å². The number of sulfonamides is 1. The second-order valence-corrected chi connectivity index (χ2v) is 6.32. The standard InChI is InChI=1S/C14H20N2O6S.ClH/c1-21-13(17)10-5-6-11(14(18)22-2)12(9-10)23(19,20)16-8-4-3-7-15;/h5-6,9,16H,3-4,7-8,15H2,1-2H3;1H. The Hall–Kier alpha value is -1.68. The summed E-state index contributed by atoms with van der Waals surface area (Å²) in [5.74, 6) is -1.52. The maximum Gasteiger partial charge on any atom is 0.339 e. The maximum atomic E-state index is 12.4. The van der Waals surface area contributed by atoms with Crippen LogP contribution in [0.2, 0.25) is 0 Å². The molecule has 0 fully saturated rings. The smallest absolute Gasteiger partial charge is 0.339 e. The molecular weight excluding hydrogens is 360 g/mol. The molecule has 0 heterocycles. The quantitative estimate of drug-likeness (QED) is 0.502. The number of benzene rings is 1. The van der Waals surface area contributed by atoms with Gasteiger partial charge in [0, 0.05) is 6.54 Å². The predicted molar refractivity (Wildman–Crippen MR) is 89.8 cm³/mol. The number of hydrogen-bond acceptors (Lipinski definition) is 7. The van der Waals surface area contributed by atoms with Gasteiger partial charge in [-0.3, -0.25) is 0 Å². The average molecular weight is 381 g/mol. The van der Waals surface area contributed by atoms with Gasteiger partial charge >= 0.3 is 11.9 Å². The molecule has 0 spiro atoms. The Bertz CT molecular complexity index is 678. The van der Waals surface area contributed by atoms with E-state index in [1.807, 2.05) is 0 Å². The highest BCUT2D eigenvalue weighted by Crippen LogP contribution is 2.19. The van der Waals surface area contributed by atoms with Crippen molar-refractivity contribution in [1.82, 2.24) is 4.72 Å². The molecule has 1 rings (SSSR count). The van der Waals surface area contributed by atoms with Crippen LogP contribution in [0, 0.1) is 0 Å². The number of esters is 2. The van der Waals surface area contributed by atoms with Gasteiger partial charge in [0.25, 0.3) is 0 Å². The first-order valence-electron chi connectivity index (χ1n) is 6.87. The van der Waals surface area contributed by atoms with E-state index in [9.17, 15) is 18.0 Å². The van der Waals surface area contributed by atoms with E-state index in [-0.39, 0.29) is 35.0 Å². The number of nitrogens with one attached hydrogen (secondary N) is 1. The zero-order valence-electron chi connectivity index (χ0n) is 13.4. The van der Waals surface area contributed by atoms with E-state index in [0.29, 0.717) is 19.4 Å². The van der Waals surface area contributed by atoms with E-state index >= 15 is 0 Å². The Morgan fingerprint density at radius 3 is 2.29 bits per heavy atom. The molecule has 0 unspecified atom stereocenters. The lowest BCUT2D eigenvalue weighted by Crippen LogP contribution is -2.27. The first-order chi connectivity index (χ1) is 10.9. The summed E-state index contributed by atoms with van der Waals surface area (Å²) in [7, 11) is -1.67. The molecule has 8 nitrogen and oxygen atoms in total. The SMILES string of the molecule is COC(=O)c1ccc(C(=O)OC)c(S(=O)(=O)NCCCCN)c1.Cl. The van der Waals surface area contributed by atoms with E-state index in [0.717, 1.165) is 13.2 Å². The van der Waals surface area contributed by atoms with Crippen LogP contribution in [-0.4, -0.2) is 47.7 Å². The highest BCUT2D eigenvalue weighted by atomic mass is 35.5. The normalized spacial score (nSPS) is 10.6. The van der Waals surface area contributed by atoms with Gasteiger partial charge in [0.1, 0.15) is 0 Å². The van der Waals surface area contributed by atoms with Crippen molar-refractivity contribution in [2.45, 2.75) is 17.7 Å². The summed E-state index contributed by atoms with van der Waals surface area (Å²) in [5.41, 5.74) is 5.21. The van der Waals surface area contributed by atoms with Crippen LogP contribution in [0.25, 0.3) is 0 Å². The molecular formula is C14H21ClN2O6S. The number of rotatable bonds is 8. The van der Waals surface area contributed by atoms with Crippen LogP contribution in [0.1, 0.15) is 33.6 Å². The van der Waals surface area contributed by atoms with Crippen molar-refractivity contribution in [1.29, 1.82) is 0 Å². The molecule has 10 heteroatoms. The Morgan fingerprint density at radius 2 is 1.75 bits per heavy atom. The van der Waals surface area contributed by atoms with Crippen LogP contribution in [0.5, 0.6) is 0 Å². The highest BCUT2D eigenvalue weighted by Gasteiger charge is 2.24. The van der Waals surface area contributed by atoms with E-state index in [4.69, 9.17) is 5.73 Å². The molecule has 0 aliphatic rings. The van der Waals surface area contributed by atoms with Crippen LogP contribution < -0.4 is 10.5 Å². The number of carbonyl (C=O) groups is 2. The third-order valence-electron chi connectivity index (χ3n) is 3.02. The van der Waals surface area contributed by atoms with Crippen LogP contribution in [0.3, 0.4) is 0 Å². The molecule has 136 valence electrons. The lowest BCUT2D eigenvalue weighted by atomic mass is 10.1. The molecule has 0 aromatic heterocycles. The van der Waals surface area contributed by atoms with Crippen molar-refractivity contribution < 1.29 is 27.5 Å². The fourth-order valence-electron chi connectivity index (χ4n) is 1.82. The molecule has 24 heavy (non-hydrogen) atoms. The lowest BCUT2D eigenvalue weighted by Gasteiger charge is -2.11. The summed E-state index contributed by atoms with van der Waals surface area (Å²) in [4.78, 5) is 23.0. The summed E-state index contributed by atoms with van der Waals surface area (Å²) in [6.07, 6.45) is 1.22. The summed E-state index contributed by atoms with van der Waals surface area (Å²) in [6.45, 7) is 0.621. The third kappa shape index (κ3) is 5.75. The monoisotopic (exact) mass is 380 g/mol. The molecule has 3 N–H and O–H groups in total. The van der Waals surface area contributed by atoms with Crippen molar-refractivity contribution in [3.63, 3.8) is 0 Å². The van der Waals surface area contributed by atoms with E-state index in [2.05, 4.69) is 14.2 Å². The Kier molecular flexibility index (Phi) is 9.52. The van der Waals surface area contributed by atoms with E-state index in [1.54, 1.807) is 0 Å². The van der Waals surface area contributed by atoms with Gasteiger partial charge < -0.3 is 15.2 Å². The molecule has 1 aromatic carbocycles. The first kappa shape index (κ1) is 22.3. The van der Waals surface area contributed by atoms with Crippen molar-refractivity contribution >= 4 is 34.4 Å². The largest absolute Gasteiger partial charge is 0.465 e. The molecule has 0 saturated carbocycles. The Labute approximate surface area is 147 Å². The zero-order valence-corrected chi connectivity index (χ0v) is 15.0. The van der Waals surface area contributed by atoms with Crippen LogP contribution in [-0.2, 0) is 19.5 Å². The minimum atomic E-state index is -3.99. The minimum Gasteiger partial charge on any atom is -0.465 e. The van der Waals surface area contributed by atoms with Crippen LogP contribution in [0.15, 0.2) is 23.1 Å². The Balaban J connectivity index is 0.00000529. The van der Waals surface area contributed by atoms with Crippen LogP contribution in [0.4, 0.5) is 0 Å². The number of nitrogens with two attached hydrogens (primary N) is 1. The van der Waals surface area contributed by atoms with Gasteiger partial charge in [0.15, 0.2) is 0 Å². The molecule has 0 saturated heterocycles. The number of hydrogen-bond donors (Lipinski definition) is 2. The topological polar surface area (TPSA) is 125 Å². The fraction of sp³-hybridized carbons (Fsp3) is 0.429. The molecule has 0 radical (unpaired) electrons. The van der Waals surface area contributed by atoms with E-state index < -0.39 is 22.0 Å². The fourth-order valence-corrected chi connectivity index (χ4v) is 3.11. The molecule has 0 bridgehead atoms. The second-order valence-electron chi connectivity index (χ2n) is 4.59. The predicted octanol–water partition coefficient (Wildman–Crippen LogP) is 0.699. The number of unbranched alkanes of at least 4 members (excludes halogenated alkanes) is 1. The van der Waals surface area contributed by atoms with Crippen LogP contribution >= 0.6 is 12.4 Å². The number of methoxy groups -OCH3 is 2. The summed E-state index contributed by atoms with van der Waals surface area (Å²) in [5, 5.41) is 0. The van der Waals surface area contributed by atoms with Crippen molar-refractivity contribution in [2.75, 3.05) is 27.3 Å². The van der Waals surface area contributed by atoms with Crippen molar-refractivity contribution in [3.05, 3.63) is 29.3 Å². The van der Waals surface area contributed by atoms with Gasteiger partial charge in [-0.25, -0.2) is 22.7 Å². The number of halogens is 1. The molecule has 0 amide bonds. The summed E-state index contributed by atoms with van der Waals surface area (Å²) < 4.78 is 36.3. The third-order valence-corrected chi connectivity index (χ3v) is 4.52. The molecule has 0 aliphatic carbocycles. The van der Waals surface area contributed by atoms with Crippen molar-refractivity contribution in [2.24, 2.45) is 5.73 Å². The van der Waals surface area contributed by atoms with Gasteiger partial charge in [-0.1, -0.05) is 0 Å². The molecule has 0 atom stereocenters. The summed E-state index contributed by atoms with van der Waals surface area (Å²) >= 11 is 0. The zero-order chi connectivity index (χ0) is 17.5. The van der Waals surface area contributed by atoms with E-state index in [1.165, 1.54) is 19.2 Å².